The summed E-state index contributed by atoms with van der Waals surface area (Å²) in [6.45, 7) is 2.25. The van der Waals surface area contributed by atoms with Gasteiger partial charge in [-0.2, -0.15) is 0 Å². The van der Waals surface area contributed by atoms with Crippen molar-refractivity contribution in [2.45, 2.75) is 44.6 Å². The van der Waals surface area contributed by atoms with E-state index in [1.807, 2.05) is 0 Å². The van der Waals surface area contributed by atoms with Crippen LogP contribution in [-0.4, -0.2) is 57.2 Å². The lowest BCUT2D eigenvalue weighted by molar-refractivity contribution is -0.140. The van der Waals surface area contributed by atoms with Crippen LogP contribution in [0.25, 0.3) is 0 Å². The van der Waals surface area contributed by atoms with Crippen molar-refractivity contribution >= 4 is 16.0 Å². The quantitative estimate of drug-likeness (QED) is 0.668. The van der Waals surface area contributed by atoms with Gasteiger partial charge < -0.3 is 10.1 Å². The van der Waals surface area contributed by atoms with Crippen molar-refractivity contribution in [3.63, 3.8) is 0 Å². The smallest absolute Gasteiger partial charge is 0.305 e. The second-order valence-electron chi connectivity index (χ2n) is 6.02. The highest BCUT2D eigenvalue weighted by molar-refractivity contribution is 7.89. The van der Waals surface area contributed by atoms with E-state index in [-0.39, 0.29) is 18.1 Å². The molecule has 1 saturated heterocycles. The summed E-state index contributed by atoms with van der Waals surface area (Å²) in [4.78, 5) is 11.0. The molecule has 7 heteroatoms. The van der Waals surface area contributed by atoms with E-state index in [4.69, 9.17) is 0 Å². The van der Waals surface area contributed by atoms with Gasteiger partial charge >= 0.3 is 5.97 Å². The lowest BCUT2D eigenvalue weighted by atomic mass is 10.1. The molecule has 0 bridgehead atoms. The van der Waals surface area contributed by atoms with Crippen LogP contribution in [0.1, 0.15) is 38.5 Å². The predicted octanol–water partition coefficient (Wildman–Crippen LogP) is 0.733. The Morgan fingerprint density at radius 1 is 1.24 bits per heavy atom. The van der Waals surface area contributed by atoms with Crippen LogP contribution in [0.15, 0.2) is 0 Å². The molecule has 1 heterocycles. The third kappa shape index (κ3) is 5.56. The number of hydrogen-bond donors (Lipinski definition) is 1. The molecule has 0 aromatic heterocycles. The molecule has 1 saturated carbocycles. The topological polar surface area (TPSA) is 75.7 Å². The number of piperidine rings is 1. The largest absolute Gasteiger partial charge is 0.469 e. The summed E-state index contributed by atoms with van der Waals surface area (Å²) < 4.78 is 30.5. The van der Waals surface area contributed by atoms with E-state index < -0.39 is 10.0 Å². The monoisotopic (exact) mass is 318 g/mol. The molecule has 0 radical (unpaired) electrons. The minimum absolute atomic E-state index is 0.0300. The molecule has 2 aliphatic rings. The average Bonchev–Trinajstić information content (AvgIpc) is 3.29. The zero-order chi connectivity index (χ0) is 15.3. The number of nitrogens with one attached hydrogen (secondary N) is 1. The van der Waals surface area contributed by atoms with Crippen molar-refractivity contribution in [2.24, 2.45) is 5.92 Å². The maximum absolute atomic E-state index is 12.2. The normalized spacial score (nSPS) is 21.4. The van der Waals surface area contributed by atoms with Gasteiger partial charge in [-0.05, 0) is 44.6 Å². The second kappa shape index (κ2) is 7.56. The number of rotatable bonds is 8. The van der Waals surface area contributed by atoms with Crippen LogP contribution in [0, 0.1) is 5.92 Å². The summed E-state index contributed by atoms with van der Waals surface area (Å²) in [5.41, 5.74) is 0. The van der Waals surface area contributed by atoms with E-state index in [9.17, 15) is 13.2 Å². The van der Waals surface area contributed by atoms with E-state index in [1.165, 1.54) is 20.0 Å². The van der Waals surface area contributed by atoms with Crippen LogP contribution in [0.2, 0.25) is 0 Å². The van der Waals surface area contributed by atoms with Gasteiger partial charge in [0.15, 0.2) is 0 Å². The standard InChI is InChI=1S/C14H26N2O4S/c1-20-14(17)3-2-10-21(18,19)16-8-6-13(7-9-16)15-11-12-4-5-12/h12-13,15H,2-11H2,1H3. The zero-order valence-corrected chi connectivity index (χ0v) is 13.5. The first-order valence-electron chi connectivity index (χ1n) is 7.79. The van der Waals surface area contributed by atoms with E-state index >= 15 is 0 Å². The highest BCUT2D eigenvalue weighted by Crippen LogP contribution is 2.28. The lowest BCUT2D eigenvalue weighted by Gasteiger charge is -2.31. The number of methoxy groups -OCH3 is 1. The van der Waals surface area contributed by atoms with Gasteiger partial charge in [0.2, 0.25) is 10.0 Å². The van der Waals surface area contributed by atoms with Crippen LogP contribution >= 0.6 is 0 Å². The molecule has 1 N–H and O–H groups in total. The zero-order valence-electron chi connectivity index (χ0n) is 12.7. The maximum Gasteiger partial charge on any atom is 0.305 e. The lowest BCUT2D eigenvalue weighted by Crippen LogP contribution is -2.46. The van der Waals surface area contributed by atoms with Gasteiger partial charge in [0.1, 0.15) is 0 Å². The van der Waals surface area contributed by atoms with Crippen molar-refractivity contribution in [3.05, 3.63) is 0 Å². The number of carbonyl (C=O) groups excluding carboxylic acids is 1. The Balaban J connectivity index is 1.68. The van der Waals surface area contributed by atoms with Gasteiger partial charge in [0, 0.05) is 25.6 Å². The molecule has 0 spiro atoms. The molecular formula is C14H26N2O4S. The fraction of sp³-hybridized carbons (Fsp3) is 0.929. The molecule has 6 nitrogen and oxygen atoms in total. The van der Waals surface area contributed by atoms with Crippen LogP contribution in [0.3, 0.4) is 0 Å². The van der Waals surface area contributed by atoms with Gasteiger partial charge in [-0.15, -0.1) is 0 Å². The number of carbonyl (C=O) groups is 1. The molecule has 1 aliphatic heterocycles. The van der Waals surface area contributed by atoms with Gasteiger partial charge in [0.25, 0.3) is 0 Å². The molecule has 0 atom stereocenters. The first kappa shape index (κ1) is 16.7. The van der Waals surface area contributed by atoms with Crippen molar-refractivity contribution in [3.8, 4) is 0 Å². The molecule has 1 aliphatic carbocycles. The highest BCUT2D eigenvalue weighted by Gasteiger charge is 2.29. The predicted molar refractivity (Wildman–Crippen MR) is 80.4 cm³/mol. The number of ether oxygens (including phenoxy) is 1. The Bertz CT molecular complexity index is 440. The fourth-order valence-electron chi connectivity index (χ4n) is 2.62. The Labute approximate surface area is 127 Å². The van der Waals surface area contributed by atoms with Crippen LogP contribution < -0.4 is 5.32 Å². The minimum atomic E-state index is -3.23. The summed E-state index contributed by atoms with van der Waals surface area (Å²) in [6.07, 6.45) is 4.91. The molecule has 0 aromatic carbocycles. The molecule has 21 heavy (non-hydrogen) atoms. The first-order valence-corrected chi connectivity index (χ1v) is 9.40. The number of sulfonamides is 1. The van der Waals surface area contributed by atoms with Crippen molar-refractivity contribution < 1.29 is 17.9 Å². The average molecular weight is 318 g/mol. The van der Waals surface area contributed by atoms with Gasteiger partial charge in [-0.25, -0.2) is 12.7 Å². The van der Waals surface area contributed by atoms with Crippen molar-refractivity contribution in [1.82, 2.24) is 9.62 Å². The second-order valence-corrected chi connectivity index (χ2v) is 8.11. The molecule has 2 rings (SSSR count). The van der Waals surface area contributed by atoms with E-state index in [0.717, 1.165) is 25.3 Å². The molecular weight excluding hydrogens is 292 g/mol. The Morgan fingerprint density at radius 3 is 2.48 bits per heavy atom. The number of hydrogen-bond acceptors (Lipinski definition) is 5. The Hall–Kier alpha value is -0.660. The van der Waals surface area contributed by atoms with Crippen molar-refractivity contribution in [1.29, 1.82) is 0 Å². The summed E-state index contributed by atoms with van der Waals surface area (Å²) in [5.74, 6) is 0.528. The third-order valence-electron chi connectivity index (χ3n) is 4.25. The number of esters is 1. The third-order valence-corrected chi connectivity index (χ3v) is 6.21. The molecule has 122 valence electrons. The summed E-state index contributed by atoms with van der Waals surface area (Å²) in [6, 6.07) is 0.451. The summed E-state index contributed by atoms with van der Waals surface area (Å²) in [7, 11) is -1.92. The Morgan fingerprint density at radius 2 is 1.90 bits per heavy atom. The minimum Gasteiger partial charge on any atom is -0.469 e. The summed E-state index contributed by atoms with van der Waals surface area (Å²) >= 11 is 0. The number of nitrogens with zero attached hydrogens (tertiary/aromatic N) is 1. The SMILES string of the molecule is COC(=O)CCCS(=O)(=O)N1CCC(NCC2CC2)CC1. The van der Waals surface area contributed by atoms with Gasteiger partial charge in [-0.1, -0.05) is 0 Å². The first-order chi connectivity index (χ1) is 10.0. The fourth-order valence-corrected chi connectivity index (χ4v) is 4.16. The van der Waals surface area contributed by atoms with Gasteiger partial charge in [-0.3, -0.25) is 4.79 Å². The van der Waals surface area contributed by atoms with Crippen molar-refractivity contribution in [2.75, 3.05) is 32.5 Å². The van der Waals surface area contributed by atoms with Crippen LogP contribution in [-0.2, 0) is 19.6 Å². The maximum atomic E-state index is 12.2. The van der Waals surface area contributed by atoms with E-state index in [2.05, 4.69) is 10.1 Å². The molecule has 2 fully saturated rings. The van der Waals surface area contributed by atoms with E-state index in [0.29, 0.717) is 25.6 Å². The molecule has 0 amide bonds. The Kier molecular flexibility index (Phi) is 6.01. The van der Waals surface area contributed by atoms with Crippen LogP contribution in [0.5, 0.6) is 0 Å². The molecule has 0 unspecified atom stereocenters. The highest BCUT2D eigenvalue weighted by atomic mass is 32.2. The van der Waals surface area contributed by atoms with Gasteiger partial charge in [0.05, 0.1) is 12.9 Å². The van der Waals surface area contributed by atoms with Crippen LogP contribution in [0.4, 0.5) is 0 Å². The van der Waals surface area contributed by atoms with E-state index in [1.54, 1.807) is 4.31 Å². The summed E-state index contributed by atoms with van der Waals surface area (Å²) in [5, 5.41) is 3.54. The molecule has 0 aromatic rings.